The molecule has 0 bridgehead atoms. The molecular formula is C11H14O3S3. The molecule has 6 heteroatoms. The highest BCUT2D eigenvalue weighted by atomic mass is 33.1. The summed E-state index contributed by atoms with van der Waals surface area (Å²) in [5.74, 6) is 0. The Morgan fingerprint density at radius 3 is 2.35 bits per heavy atom. The van der Waals surface area contributed by atoms with Crippen LogP contribution in [-0.4, -0.2) is 18.3 Å². The first-order valence-corrected chi connectivity index (χ1v) is 8.17. The third-order valence-electron chi connectivity index (χ3n) is 1.73. The summed E-state index contributed by atoms with van der Waals surface area (Å²) in [6.45, 7) is 5.47. The number of thiol groups is 1. The van der Waals surface area contributed by atoms with Crippen molar-refractivity contribution in [1.82, 2.24) is 0 Å². The van der Waals surface area contributed by atoms with Gasteiger partial charge in [0, 0.05) is 10.3 Å². The Balaban J connectivity index is 3.16. The summed E-state index contributed by atoms with van der Waals surface area (Å²) in [6.07, 6.45) is 0. The Morgan fingerprint density at radius 2 is 1.88 bits per heavy atom. The van der Waals surface area contributed by atoms with Crippen LogP contribution in [0, 0.1) is 0 Å². The summed E-state index contributed by atoms with van der Waals surface area (Å²) in [5.41, 5.74) is 0.281. The maximum absolute atomic E-state index is 12.0. The molecule has 0 saturated carbocycles. The van der Waals surface area contributed by atoms with E-state index in [0.29, 0.717) is 0 Å². The average Bonchev–Trinajstić information content (AvgIpc) is 2.14. The van der Waals surface area contributed by atoms with E-state index >= 15 is 0 Å². The number of carbonyl (C=O) groups excluding carboxylic acids is 1. The fourth-order valence-corrected chi connectivity index (χ4v) is 5.15. The fraction of sp³-hybridized carbons (Fsp3) is 0.364. The summed E-state index contributed by atoms with van der Waals surface area (Å²) < 4.78 is 23.7. The molecule has 0 radical (unpaired) electrons. The Hall–Kier alpha value is -0.460. The molecule has 17 heavy (non-hydrogen) atoms. The third kappa shape index (κ3) is 4.37. The highest BCUT2D eigenvalue weighted by molar-refractivity contribution is 8.72. The van der Waals surface area contributed by atoms with Gasteiger partial charge in [-0.3, -0.25) is 4.79 Å². The van der Waals surface area contributed by atoms with Crippen LogP contribution in [0.25, 0.3) is 0 Å². The zero-order valence-electron chi connectivity index (χ0n) is 9.80. The van der Waals surface area contributed by atoms with Crippen molar-refractivity contribution in [3.05, 3.63) is 29.8 Å². The Kier molecular flexibility index (Phi) is 4.33. The molecular weight excluding hydrogens is 276 g/mol. The second kappa shape index (κ2) is 5.04. The molecule has 0 amide bonds. The molecule has 0 N–H and O–H groups in total. The Labute approximate surface area is 111 Å². The van der Waals surface area contributed by atoms with Crippen LogP contribution >= 0.6 is 23.4 Å². The Bertz CT molecular complexity index is 527. The largest absolute Gasteiger partial charge is 0.282 e. The van der Waals surface area contributed by atoms with Gasteiger partial charge < -0.3 is 0 Å². The molecule has 0 unspecified atom stereocenters. The summed E-state index contributed by atoms with van der Waals surface area (Å²) in [7, 11) is -2.57. The van der Waals surface area contributed by atoms with E-state index in [4.69, 9.17) is 0 Å². The molecule has 0 saturated heterocycles. The molecule has 0 aromatic heterocycles. The first-order valence-electron chi connectivity index (χ1n) is 4.91. The van der Waals surface area contributed by atoms with Gasteiger partial charge in [-0.1, -0.05) is 12.1 Å². The molecule has 1 rings (SSSR count). The lowest BCUT2D eigenvalue weighted by molar-refractivity contribution is 0.109. The van der Waals surface area contributed by atoms with Crippen molar-refractivity contribution in [3.63, 3.8) is 0 Å². The van der Waals surface area contributed by atoms with Crippen molar-refractivity contribution in [2.24, 2.45) is 0 Å². The monoisotopic (exact) mass is 290 g/mol. The third-order valence-corrected chi connectivity index (χ3v) is 6.27. The minimum absolute atomic E-state index is 0.136. The quantitative estimate of drug-likeness (QED) is 0.687. The molecule has 0 aliphatic heterocycles. The van der Waals surface area contributed by atoms with Crippen LogP contribution in [0.2, 0.25) is 0 Å². The Morgan fingerprint density at radius 1 is 1.29 bits per heavy atom. The standard InChI is InChI=1S/C11H14O3S3/c1-11(2,3)16-17(13,14)9-6-4-5-8(7-9)10(12)15/h4-7H,1-3H3,(H,12,15). The topological polar surface area (TPSA) is 51.2 Å². The van der Waals surface area contributed by atoms with Crippen LogP contribution < -0.4 is 0 Å². The van der Waals surface area contributed by atoms with Crippen molar-refractivity contribution in [3.8, 4) is 0 Å². The molecule has 0 aliphatic rings. The van der Waals surface area contributed by atoms with Gasteiger partial charge in [0.25, 0.3) is 0 Å². The summed E-state index contributed by atoms with van der Waals surface area (Å²) in [4.78, 5) is 11.2. The van der Waals surface area contributed by atoms with Crippen molar-refractivity contribution in [2.75, 3.05) is 0 Å². The first-order chi connectivity index (χ1) is 7.62. The van der Waals surface area contributed by atoms with E-state index < -0.39 is 18.7 Å². The zero-order chi connectivity index (χ0) is 13.3. The normalized spacial score (nSPS) is 12.5. The number of hydrogen-bond donors (Lipinski definition) is 1. The molecule has 1 aromatic rings. The number of carbonyl (C=O) groups is 1. The van der Waals surface area contributed by atoms with Crippen molar-refractivity contribution in [1.29, 1.82) is 0 Å². The number of rotatable bonds is 3. The van der Waals surface area contributed by atoms with Gasteiger partial charge in [0.05, 0.1) is 4.90 Å². The molecule has 1 aromatic carbocycles. The second-order valence-corrected chi connectivity index (χ2v) is 9.48. The smallest absolute Gasteiger partial charge is 0.230 e. The van der Waals surface area contributed by atoms with E-state index in [2.05, 4.69) is 12.6 Å². The van der Waals surface area contributed by atoms with Crippen LogP contribution in [0.1, 0.15) is 31.1 Å². The molecule has 0 spiro atoms. The van der Waals surface area contributed by atoms with Gasteiger partial charge in [-0.15, -0.1) is 12.6 Å². The van der Waals surface area contributed by atoms with E-state index in [1.807, 2.05) is 20.8 Å². The van der Waals surface area contributed by atoms with Gasteiger partial charge in [0.2, 0.25) is 14.0 Å². The SMILES string of the molecule is CC(C)(C)SS(=O)(=O)c1cccc(C(=O)S)c1. The van der Waals surface area contributed by atoms with E-state index in [1.54, 1.807) is 6.07 Å². The van der Waals surface area contributed by atoms with E-state index in [-0.39, 0.29) is 10.5 Å². The average molecular weight is 290 g/mol. The van der Waals surface area contributed by atoms with Crippen molar-refractivity contribution < 1.29 is 13.2 Å². The minimum atomic E-state index is -3.44. The molecule has 0 aliphatic carbocycles. The van der Waals surface area contributed by atoms with E-state index in [1.165, 1.54) is 18.2 Å². The summed E-state index contributed by atoms with van der Waals surface area (Å²) >= 11 is 3.68. The maximum Gasteiger partial charge on any atom is 0.230 e. The van der Waals surface area contributed by atoms with Gasteiger partial charge in [-0.2, -0.15) is 0 Å². The predicted molar refractivity (Wildman–Crippen MR) is 74.3 cm³/mol. The lowest BCUT2D eigenvalue weighted by Gasteiger charge is -2.17. The summed E-state index contributed by atoms with van der Waals surface area (Å²) in [6, 6.07) is 5.91. The second-order valence-electron chi connectivity index (χ2n) is 4.48. The fourth-order valence-electron chi connectivity index (χ4n) is 1.16. The summed E-state index contributed by atoms with van der Waals surface area (Å²) in [5, 5.41) is -0.442. The van der Waals surface area contributed by atoms with Crippen LogP contribution in [0.5, 0.6) is 0 Å². The van der Waals surface area contributed by atoms with E-state index in [9.17, 15) is 13.2 Å². The molecule has 94 valence electrons. The lowest BCUT2D eigenvalue weighted by Crippen LogP contribution is -2.12. The maximum atomic E-state index is 12.0. The van der Waals surface area contributed by atoms with Crippen LogP contribution in [0.15, 0.2) is 29.2 Å². The highest BCUT2D eigenvalue weighted by Crippen LogP contribution is 2.34. The zero-order valence-corrected chi connectivity index (χ0v) is 12.3. The van der Waals surface area contributed by atoms with E-state index in [0.717, 1.165) is 10.8 Å². The van der Waals surface area contributed by atoms with Gasteiger partial charge in [0.1, 0.15) is 0 Å². The van der Waals surface area contributed by atoms with Gasteiger partial charge in [-0.25, -0.2) is 8.42 Å². The van der Waals surface area contributed by atoms with Gasteiger partial charge >= 0.3 is 0 Å². The van der Waals surface area contributed by atoms with Gasteiger partial charge in [0.15, 0.2) is 0 Å². The van der Waals surface area contributed by atoms with Gasteiger partial charge in [-0.05, 0) is 43.7 Å². The van der Waals surface area contributed by atoms with Crippen molar-refractivity contribution in [2.45, 2.75) is 30.4 Å². The minimum Gasteiger partial charge on any atom is -0.282 e. The van der Waals surface area contributed by atoms with Crippen LogP contribution in [0.3, 0.4) is 0 Å². The number of hydrogen-bond acceptors (Lipinski definition) is 4. The first kappa shape index (κ1) is 14.6. The molecule has 3 nitrogen and oxygen atoms in total. The molecule has 0 atom stereocenters. The molecule has 0 heterocycles. The lowest BCUT2D eigenvalue weighted by atomic mass is 10.2. The number of benzene rings is 1. The molecule has 0 fully saturated rings. The van der Waals surface area contributed by atoms with Crippen LogP contribution in [0.4, 0.5) is 0 Å². The van der Waals surface area contributed by atoms with Crippen LogP contribution in [-0.2, 0) is 8.87 Å². The van der Waals surface area contributed by atoms with Crippen molar-refractivity contribution >= 4 is 37.4 Å². The highest BCUT2D eigenvalue weighted by Gasteiger charge is 2.24. The predicted octanol–water partition coefficient (Wildman–Crippen LogP) is 2.98.